The Morgan fingerprint density at radius 2 is 2.17 bits per heavy atom. The van der Waals surface area contributed by atoms with Crippen molar-refractivity contribution in [2.75, 3.05) is 0 Å². The third-order valence-electron chi connectivity index (χ3n) is 2.23. The van der Waals surface area contributed by atoms with E-state index in [4.69, 9.17) is 5.11 Å². The van der Waals surface area contributed by atoms with E-state index in [1.54, 1.807) is 6.08 Å². The minimum Gasteiger partial charge on any atom is -0.478 e. The molecule has 1 aliphatic rings. The minimum atomic E-state index is -0.830. The maximum absolute atomic E-state index is 10.7. The van der Waals surface area contributed by atoms with Gasteiger partial charge in [0.25, 0.3) is 0 Å². The first kappa shape index (κ1) is 8.97. The quantitative estimate of drug-likeness (QED) is 0.643. The van der Waals surface area contributed by atoms with E-state index in [0.717, 1.165) is 5.71 Å². The van der Waals surface area contributed by atoms with E-state index in [0.29, 0.717) is 5.57 Å². The van der Waals surface area contributed by atoms with Crippen LogP contribution in [-0.2, 0) is 4.79 Å². The van der Waals surface area contributed by atoms with Crippen molar-refractivity contribution in [3.8, 4) is 0 Å². The van der Waals surface area contributed by atoms with E-state index in [9.17, 15) is 4.79 Å². The summed E-state index contributed by atoms with van der Waals surface area (Å²) < 4.78 is 0. The summed E-state index contributed by atoms with van der Waals surface area (Å²) in [5.74, 6) is -0.810. The summed E-state index contributed by atoms with van der Waals surface area (Å²) in [5.41, 5.74) is 1.27. The van der Waals surface area contributed by atoms with Crippen molar-refractivity contribution < 1.29 is 9.90 Å². The summed E-state index contributed by atoms with van der Waals surface area (Å²) in [6.07, 6.45) is 1.65. The summed E-state index contributed by atoms with van der Waals surface area (Å²) in [4.78, 5) is 15.0. The average molecular weight is 167 g/mol. The number of carboxylic acids is 1. The predicted octanol–water partition coefficient (Wildman–Crippen LogP) is 1.50. The monoisotopic (exact) mass is 167 g/mol. The Morgan fingerprint density at radius 3 is 2.67 bits per heavy atom. The van der Waals surface area contributed by atoms with Gasteiger partial charge in [0.15, 0.2) is 0 Å². The molecule has 0 fully saturated rings. The summed E-state index contributed by atoms with van der Waals surface area (Å²) in [7, 11) is 0. The van der Waals surface area contributed by atoms with E-state index in [1.165, 1.54) is 0 Å². The van der Waals surface area contributed by atoms with Gasteiger partial charge in [0.2, 0.25) is 0 Å². The molecule has 0 radical (unpaired) electrons. The third kappa shape index (κ3) is 1.55. The van der Waals surface area contributed by atoms with Gasteiger partial charge in [0.1, 0.15) is 0 Å². The van der Waals surface area contributed by atoms with E-state index in [1.807, 2.05) is 20.8 Å². The molecule has 0 bridgehead atoms. The zero-order valence-electron chi connectivity index (χ0n) is 7.53. The Balaban J connectivity index is 2.98. The maximum Gasteiger partial charge on any atom is 0.331 e. The van der Waals surface area contributed by atoms with Crippen molar-refractivity contribution in [3.63, 3.8) is 0 Å². The van der Waals surface area contributed by atoms with Crippen LogP contribution < -0.4 is 0 Å². The molecular formula is C9H13NO2. The lowest BCUT2D eigenvalue weighted by Crippen LogP contribution is -2.24. The highest BCUT2D eigenvalue weighted by atomic mass is 16.4. The van der Waals surface area contributed by atoms with Crippen molar-refractivity contribution in [3.05, 3.63) is 11.6 Å². The van der Waals surface area contributed by atoms with Gasteiger partial charge in [-0.25, -0.2) is 4.79 Å². The van der Waals surface area contributed by atoms with E-state index < -0.39 is 5.97 Å². The lowest BCUT2D eigenvalue weighted by Gasteiger charge is -2.21. The fourth-order valence-electron chi connectivity index (χ4n) is 1.34. The number of carbonyl (C=O) groups is 1. The Labute approximate surface area is 71.8 Å². The third-order valence-corrected chi connectivity index (χ3v) is 2.23. The Bertz CT molecular complexity index is 266. The van der Waals surface area contributed by atoms with Crippen LogP contribution in [0.4, 0.5) is 0 Å². The van der Waals surface area contributed by atoms with Gasteiger partial charge >= 0.3 is 5.97 Å². The fraction of sp³-hybridized carbons (Fsp3) is 0.556. The van der Waals surface area contributed by atoms with Crippen molar-refractivity contribution in [2.45, 2.75) is 26.8 Å². The van der Waals surface area contributed by atoms with Gasteiger partial charge in [-0.3, -0.25) is 4.99 Å². The zero-order valence-corrected chi connectivity index (χ0v) is 7.53. The molecule has 0 aromatic heterocycles. The van der Waals surface area contributed by atoms with Crippen molar-refractivity contribution in [1.82, 2.24) is 0 Å². The highest BCUT2D eigenvalue weighted by Gasteiger charge is 2.24. The van der Waals surface area contributed by atoms with Crippen LogP contribution in [0, 0.1) is 5.92 Å². The number of hydrogen-bond acceptors (Lipinski definition) is 2. The predicted molar refractivity (Wildman–Crippen MR) is 47.5 cm³/mol. The molecular weight excluding hydrogens is 154 g/mol. The van der Waals surface area contributed by atoms with Gasteiger partial charge < -0.3 is 5.11 Å². The standard InChI is InChI=1S/C9H13NO2/c1-5-4-8(9(11)12)6(2)7(3)10-5/h4,6-7H,1-3H3,(H,11,12). The molecule has 1 aliphatic heterocycles. The second kappa shape index (κ2) is 3.09. The van der Waals surface area contributed by atoms with Gasteiger partial charge in [-0.1, -0.05) is 6.92 Å². The molecule has 0 aromatic rings. The zero-order chi connectivity index (χ0) is 9.30. The van der Waals surface area contributed by atoms with E-state index in [2.05, 4.69) is 4.99 Å². The topological polar surface area (TPSA) is 49.7 Å². The first-order chi connectivity index (χ1) is 5.52. The Hall–Kier alpha value is -1.12. The number of carboxylic acid groups (broad SMARTS) is 1. The molecule has 2 atom stereocenters. The first-order valence-electron chi connectivity index (χ1n) is 4.01. The Morgan fingerprint density at radius 1 is 1.58 bits per heavy atom. The second-order valence-corrected chi connectivity index (χ2v) is 3.20. The number of hydrogen-bond donors (Lipinski definition) is 1. The van der Waals surface area contributed by atoms with Gasteiger partial charge in [-0.2, -0.15) is 0 Å². The SMILES string of the molecule is CC1=NC(C)C(C)C(C(=O)O)=C1. The smallest absolute Gasteiger partial charge is 0.331 e. The number of aliphatic imine (C=N–C) groups is 1. The number of dihydropyridines is 1. The molecule has 1 rings (SSSR count). The lowest BCUT2D eigenvalue weighted by molar-refractivity contribution is -0.133. The van der Waals surface area contributed by atoms with Gasteiger partial charge in [0, 0.05) is 17.2 Å². The first-order valence-corrected chi connectivity index (χ1v) is 4.01. The van der Waals surface area contributed by atoms with Gasteiger partial charge in [-0.15, -0.1) is 0 Å². The molecule has 0 saturated heterocycles. The fourth-order valence-corrected chi connectivity index (χ4v) is 1.34. The summed E-state index contributed by atoms with van der Waals surface area (Å²) in [6.45, 7) is 5.65. The van der Waals surface area contributed by atoms with Crippen LogP contribution in [0.25, 0.3) is 0 Å². The molecule has 12 heavy (non-hydrogen) atoms. The second-order valence-electron chi connectivity index (χ2n) is 3.20. The van der Waals surface area contributed by atoms with Crippen LogP contribution in [0.2, 0.25) is 0 Å². The molecule has 0 spiro atoms. The molecule has 66 valence electrons. The summed E-state index contributed by atoms with van der Waals surface area (Å²) >= 11 is 0. The molecule has 0 amide bonds. The molecule has 1 heterocycles. The molecule has 3 nitrogen and oxygen atoms in total. The van der Waals surface area contributed by atoms with E-state index in [-0.39, 0.29) is 12.0 Å². The van der Waals surface area contributed by atoms with Crippen molar-refractivity contribution in [2.24, 2.45) is 10.9 Å². The van der Waals surface area contributed by atoms with Gasteiger partial charge in [0.05, 0.1) is 6.04 Å². The lowest BCUT2D eigenvalue weighted by atomic mass is 9.91. The largest absolute Gasteiger partial charge is 0.478 e. The Kier molecular flexibility index (Phi) is 2.31. The number of aliphatic carboxylic acids is 1. The normalized spacial score (nSPS) is 29.2. The van der Waals surface area contributed by atoms with Crippen LogP contribution in [0.15, 0.2) is 16.6 Å². The molecule has 0 saturated carbocycles. The van der Waals surface area contributed by atoms with Crippen LogP contribution in [0.1, 0.15) is 20.8 Å². The van der Waals surface area contributed by atoms with Crippen LogP contribution in [0.5, 0.6) is 0 Å². The average Bonchev–Trinajstić information content (AvgIpc) is 1.96. The molecule has 3 heteroatoms. The van der Waals surface area contributed by atoms with Crippen LogP contribution in [0.3, 0.4) is 0 Å². The highest BCUT2D eigenvalue weighted by Crippen LogP contribution is 2.21. The van der Waals surface area contributed by atoms with Gasteiger partial charge in [-0.05, 0) is 19.9 Å². The van der Waals surface area contributed by atoms with Crippen LogP contribution in [-0.4, -0.2) is 22.8 Å². The highest BCUT2D eigenvalue weighted by molar-refractivity contribution is 6.02. The number of allylic oxidation sites excluding steroid dienone is 1. The number of rotatable bonds is 1. The molecule has 0 aliphatic carbocycles. The molecule has 0 aromatic carbocycles. The number of nitrogens with zero attached hydrogens (tertiary/aromatic N) is 1. The van der Waals surface area contributed by atoms with Crippen molar-refractivity contribution >= 4 is 11.7 Å². The van der Waals surface area contributed by atoms with E-state index >= 15 is 0 Å². The maximum atomic E-state index is 10.7. The molecule has 2 unspecified atom stereocenters. The summed E-state index contributed by atoms with van der Waals surface area (Å²) in [6, 6.07) is 0.0844. The summed E-state index contributed by atoms with van der Waals surface area (Å²) in [5, 5.41) is 8.82. The van der Waals surface area contributed by atoms with Crippen molar-refractivity contribution in [1.29, 1.82) is 0 Å². The minimum absolute atomic E-state index is 0.0196. The van der Waals surface area contributed by atoms with Crippen LogP contribution >= 0.6 is 0 Å². The molecule has 1 N–H and O–H groups in total.